The molecule has 0 atom stereocenters. The van der Waals surface area contributed by atoms with Crippen molar-refractivity contribution in [3.63, 3.8) is 0 Å². The highest BCUT2D eigenvalue weighted by atomic mass is 19.1. The monoisotopic (exact) mass is 248 g/mol. The van der Waals surface area contributed by atoms with Crippen molar-refractivity contribution in [2.24, 2.45) is 0 Å². The molecule has 1 aromatic carbocycles. The molecule has 2 heterocycles. The predicted molar refractivity (Wildman–Crippen MR) is 61.4 cm³/mol. The number of halogens is 3. The second-order valence-electron chi connectivity index (χ2n) is 3.86. The Hall–Kier alpha value is -2.30. The number of nitrogens with one attached hydrogen (secondary N) is 1. The molecule has 18 heavy (non-hydrogen) atoms. The molecule has 3 aromatic rings. The number of nitrogens with zero attached hydrogens (tertiary/aromatic N) is 1. The molecule has 0 fully saturated rings. The van der Waals surface area contributed by atoms with Crippen LogP contribution in [-0.4, -0.2) is 9.97 Å². The number of pyridine rings is 1. The van der Waals surface area contributed by atoms with Gasteiger partial charge in [-0.3, -0.25) is 0 Å². The Morgan fingerprint density at radius 3 is 2.61 bits per heavy atom. The molecule has 0 saturated heterocycles. The van der Waals surface area contributed by atoms with Gasteiger partial charge in [0.1, 0.15) is 5.82 Å². The van der Waals surface area contributed by atoms with Gasteiger partial charge in [-0.1, -0.05) is 0 Å². The van der Waals surface area contributed by atoms with Crippen LogP contribution in [0.1, 0.15) is 0 Å². The summed E-state index contributed by atoms with van der Waals surface area (Å²) in [6, 6.07) is 5.16. The Morgan fingerprint density at radius 2 is 1.89 bits per heavy atom. The summed E-state index contributed by atoms with van der Waals surface area (Å²) in [7, 11) is 0. The summed E-state index contributed by atoms with van der Waals surface area (Å²) >= 11 is 0. The normalized spacial score (nSPS) is 11.1. The summed E-state index contributed by atoms with van der Waals surface area (Å²) in [6.07, 6.45) is 2.63. The summed E-state index contributed by atoms with van der Waals surface area (Å²) in [6.45, 7) is 0. The Balaban J connectivity index is 2.30. The average Bonchev–Trinajstić information content (AvgIpc) is 2.80. The van der Waals surface area contributed by atoms with E-state index in [2.05, 4.69) is 9.97 Å². The van der Waals surface area contributed by atoms with E-state index in [1.807, 2.05) is 0 Å². The van der Waals surface area contributed by atoms with Crippen molar-refractivity contribution in [3.8, 4) is 11.1 Å². The standard InChI is InChI=1S/C13H7F3N2/c14-9-5-7-3-4-17-13(7)12(16)11(9)8-1-2-10(15)18-6-8/h1-6,17H. The van der Waals surface area contributed by atoms with Gasteiger partial charge < -0.3 is 4.98 Å². The van der Waals surface area contributed by atoms with Crippen LogP contribution in [0.25, 0.3) is 22.0 Å². The van der Waals surface area contributed by atoms with Gasteiger partial charge in [-0.05, 0) is 24.3 Å². The maximum Gasteiger partial charge on any atom is 0.212 e. The lowest BCUT2D eigenvalue weighted by molar-refractivity contribution is 0.581. The van der Waals surface area contributed by atoms with Gasteiger partial charge >= 0.3 is 0 Å². The third kappa shape index (κ3) is 1.55. The van der Waals surface area contributed by atoms with Gasteiger partial charge in [-0.2, -0.15) is 4.39 Å². The fourth-order valence-corrected chi connectivity index (χ4v) is 1.92. The van der Waals surface area contributed by atoms with Gasteiger partial charge in [0.15, 0.2) is 5.82 Å². The molecule has 0 aliphatic rings. The molecule has 2 nitrogen and oxygen atoms in total. The quantitative estimate of drug-likeness (QED) is 0.654. The number of fused-ring (bicyclic) bond motifs is 1. The largest absolute Gasteiger partial charge is 0.359 e. The fourth-order valence-electron chi connectivity index (χ4n) is 1.92. The third-order valence-electron chi connectivity index (χ3n) is 2.76. The first-order valence-corrected chi connectivity index (χ1v) is 5.24. The van der Waals surface area contributed by atoms with E-state index < -0.39 is 17.6 Å². The van der Waals surface area contributed by atoms with E-state index in [1.54, 1.807) is 6.07 Å². The minimum absolute atomic E-state index is 0.197. The van der Waals surface area contributed by atoms with Crippen LogP contribution >= 0.6 is 0 Å². The molecular weight excluding hydrogens is 241 g/mol. The lowest BCUT2D eigenvalue weighted by Gasteiger charge is -2.06. The number of H-pyrrole nitrogens is 1. The van der Waals surface area contributed by atoms with Crippen LogP contribution in [0.4, 0.5) is 13.2 Å². The zero-order valence-electron chi connectivity index (χ0n) is 9.05. The zero-order chi connectivity index (χ0) is 12.7. The first-order valence-electron chi connectivity index (χ1n) is 5.24. The number of benzene rings is 1. The molecule has 0 saturated carbocycles. The van der Waals surface area contributed by atoms with Crippen LogP contribution in [0.15, 0.2) is 36.7 Å². The maximum absolute atomic E-state index is 14.2. The number of hydrogen-bond acceptors (Lipinski definition) is 1. The first-order chi connectivity index (χ1) is 8.66. The Labute approximate surface area is 100 Å². The Kier molecular flexibility index (Phi) is 2.33. The summed E-state index contributed by atoms with van der Waals surface area (Å²) in [5.74, 6) is -2.10. The molecule has 0 aliphatic heterocycles. The molecule has 90 valence electrons. The molecule has 3 rings (SSSR count). The van der Waals surface area contributed by atoms with Gasteiger partial charge in [-0.15, -0.1) is 0 Å². The highest BCUT2D eigenvalue weighted by molar-refractivity contribution is 5.86. The minimum Gasteiger partial charge on any atom is -0.359 e. The highest BCUT2D eigenvalue weighted by Crippen LogP contribution is 2.30. The lowest BCUT2D eigenvalue weighted by atomic mass is 10.0. The molecule has 5 heteroatoms. The molecule has 0 spiro atoms. The zero-order valence-corrected chi connectivity index (χ0v) is 9.05. The van der Waals surface area contributed by atoms with Gasteiger partial charge in [0.2, 0.25) is 5.95 Å². The van der Waals surface area contributed by atoms with E-state index in [-0.39, 0.29) is 16.6 Å². The van der Waals surface area contributed by atoms with E-state index in [0.717, 1.165) is 12.3 Å². The van der Waals surface area contributed by atoms with Crippen LogP contribution in [0.3, 0.4) is 0 Å². The maximum atomic E-state index is 14.2. The number of aromatic amines is 1. The Morgan fingerprint density at radius 1 is 1.06 bits per heavy atom. The molecule has 0 amide bonds. The van der Waals surface area contributed by atoms with Crippen molar-refractivity contribution in [1.82, 2.24) is 9.97 Å². The van der Waals surface area contributed by atoms with Crippen LogP contribution in [0, 0.1) is 17.6 Å². The van der Waals surface area contributed by atoms with E-state index >= 15 is 0 Å². The molecule has 1 N–H and O–H groups in total. The van der Waals surface area contributed by atoms with Crippen molar-refractivity contribution in [3.05, 3.63) is 54.2 Å². The summed E-state index contributed by atoms with van der Waals surface area (Å²) in [5, 5.41) is 0.448. The average molecular weight is 248 g/mol. The number of hydrogen-bond donors (Lipinski definition) is 1. The first kappa shape index (κ1) is 10.8. The highest BCUT2D eigenvalue weighted by Gasteiger charge is 2.16. The van der Waals surface area contributed by atoms with E-state index in [1.165, 1.54) is 18.3 Å². The summed E-state index contributed by atoms with van der Waals surface area (Å²) < 4.78 is 40.7. The molecule has 0 unspecified atom stereocenters. The second-order valence-corrected chi connectivity index (χ2v) is 3.86. The number of rotatable bonds is 1. The molecular formula is C13H7F3N2. The topological polar surface area (TPSA) is 28.7 Å². The third-order valence-corrected chi connectivity index (χ3v) is 2.76. The van der Waals surface area contributed by atoms with Crippen molar-refractivity contribution in [2.45, 2.75) is 0 Å². The van der Waals surface area contributed by atoms with Gasteiger partial charge in [0, 0.05) is 23.3 Å². The molecule has 0 radical (unpaired) electrons. The van der Waals surface area contributed by atoms with E-state index in [9.17, 15) is 13.2 Å². The molecule has 2 aromatic heterocycles. The second kappa shape index (κ2) is 3.87. The predicted octanol–water partition coefficient (Wildman–Crippen LogP) is 3.65. The van der Waals surface area contributed by atoms with Gasteiger partial charge in [-0.25, -0.2) is 13.8 Å². The smallest absolute Gasteiger partial charge is 0.212 e. The molecule has 0 bridgehead atoms. The van der Waals surface area contributed by atoms with Crippen LogP contribution in [0.5, 0.6) is 0 Å². The fraction of sp³-hybridized carbons (Fsp3) is 0. The summed E-state index contributed by atoms with van der Waals surface area (Å²) in [4.78, 5) is 6.10. The molecule has 0 aliphatic carbocycles. The lowest BCUT2D eigenvalue weighted by Crippen LogP contribution is -1.93. The number of aromatic nitrogens is 2. The van der Waals surface area contributed by atoms with Crippen LogP contribution in [0.2, 0.25) is 0 Å². The van der Waals surface area contributed by atoms with E-state index in [0.29, 0.717) is 5.39 Å². The van der Waals surface area contributed by atoms with Crippen molar-refractivity contribution >= 4 is 10.9 Å². The minimum atomic E-state index is -0.705. The summed E-state index contributed by atoms with van der Waals surface area (Å²) in [5.41, 5.74) is 0.205. The Bertz CT molecular complexity index is 717. The van der Waals surface area contributed by atoms with Gasteiger partial charge in [0.25, 0.3) is 0 Å². The van der Waals surface area contributed by atoms with E-state index in [4.69, 9.17) is 0 Å². The van der Waals surface area contributed by atoms with Crippen LogP contribution < -0.4 is 0 Å². The van der Waals surface area contributed by atoms with Crippen molar-refractivity contribution < 1.29 is 13.2 Å². The van der Waals surface area contributed by atoms with Crippen LogP contribution in [-0.2, 0) is 0 Å². The van der Waals surface area contributed by atoms with Crippen molar-refractivity contribution in [2.75, 3.05) is 0 Å². The van der Waals surface area contributed by atoms with Gasteiger partial charge in [0.05, 0.1) is 11.1 Å². The van der Waals surface area contributed by atoms with Crippen molar-refractivity contribution in [1.29, 1.82) is 0 Å². The SMILES string of the molecule is Fc1ccc(-c2c(F)cc3cc[nH]c3c2F)cn1.